The van der Waals surface area contributed by atoms with Crippen LogP contribution in [0.1, 0.15) is 117 Å². The van der Waals surface area contributed by atoms with E-state index in [9.17, 15) is 62.6 Å². The molecule has 2 rings (SSSR count). The molecule has 1 aromatic heterocycles. The molecule has 33 nitrogen and oxygen atoms in total. The molecule has 0 aromatic carbocycles. The normalized spacial score (nSPS) is 19.7. The minimum absolute atomic E-state index is 0.00344. The van der Waals surface area contributed by atoms with Crippen LogP contribution in [-0.4, -0.2) is 184 Å². The van der Waals surface area contributed by atoms with Gasteiger partial charge in [0.15, 0.2) is 5.96 Å². The molecule has 0 radical (unpaired) electrons. The summed E-state index contributed by atoms with van der Waals surface area (Å²) in [5, 5.41) is 43.8. The molecule has 33 heteroatoms. The summed E-state index contributed by atoms with van der Waals surface area (Å²) in [5.74, 6) is -11.7. The molecule has 1 aliphatic rings. The molecule has 83 heavy (non-hydrogen) atoms. The van der Waals surface area contributed by atoms with Crippen LogP contribution in [0.25, 0.3) is 0 Å². The van der Waals surface area contributed by atoms with Crippen molar-refractivity contribution in [2.45, 2.75) is 179 Å². The van der Waals surface area contributed by atoms with Crippen LogP contribution in [0.2, 0.25) is 0 Å². The summed E-state index contributed by atoms with van der Waals surface area (Å²) in [4.78, 5) is 166. The molecule has 12 amide bonds. The predicted molar refractivity (Wildman–Crippen MR) is 299 cm³/mol. The predicted octanol–water partition coefficient (Wildman–Crippen LogP) is -7.52. The Morgan fingerprint density at radius 2 is 1.33 bits per heavy atom. The molecule has 0 spiro atoms. The van der Waals surface area contributed by atoms with Gasteiger partial charge in [-0.3, -0.25) is 62.5 Å². The monoisotopic (exact) mass is 1180 g/mol. The minimum Gasteiger partial charge on any atom is -0.394 e. The summed E-state index contributed by atoms with van der Waals surface area (Å²) in [6.07, 6.45) is 2.66. The lowest BCUT2D eigenvalue weighted by atomic mass is 9.97. The number of hydrogen-bond acceptors (Lipinski definition) is 18. The van der Waals surface area contributed by atoms with E-state index < -0.39 is 170 Å². The van der Waals surface area contributed by atoms with Gasteiger partial charge in [-0.25, -0.2) is 4.68 Å². The molecule has 10 atom stereocenters. The number of guanidine groups is 1. The van der Waals surface area contributed by atoms with Gasteiger partial charge in [0, 0.05) is 32.5 Å². The zero-order valence-corrected chi connectivity index (χ0v) is 48.0. The maximum atomic E-state index is 14.5. The number of nitrogens with zero attached hydrogens (tertiary/aromatic N) is 4. The first kappa shape index (κ1) is 71.0. The summed E-state index contributed by atoms with van der Waals surface area (Å²) in [7, 11) is 0. The number of carbonyl (C=O) groups excluding carboxylic acids is 12. The third kappa shape index (κ3) is 26.6. The first-order chi connectivity index (χ1) is 39.2. The number of carbonyl (C=O) groups is 12. The second-order valence-electron chi connectivity index (χ2n) is 20.7. The number of fused-ring (bicyclic) bond motifs is 2. The van der Waals surface area contributed by atoms with Crippen LogP contribution in [0.3, 0.4) is 0 Å². The van der Waals surface area contributed by atoms with Gasteiger partial charge < -0.3 is 92.7 Å². The Balaban J connectivity index is 2.67. The van der Waals surface area contributed by atoms with Crippen LogP contribution in [0.4, 0.5) is 0 Å². The van der Waals surface area contributed by atoms with E-state index in [0.29, 0.717) is 32.2 Å². The average Bonchev–Trinajstić information content (AvgIpc) is 3.96. The van der Waals surface area contributed by atoms with E-state index in [4.69, 9.17) is 34.4 Å². The second-order valence-corrected chi connectivity index (χ2v) is 20.7. The number of aromatic nitrogens is 3. The average molecular weight is 1180 g/mol. The largest absolute Gasteiger partial charge is 0.394 e. The van der Waals surface area contributed by atoms with Crippen molar-refractivity contribution in [2.24, 2.45) is 51.2 Å². The maximum absolute atomic E-state index is 14.5. The molecule has 0 fully saturated rings. The molecule has 2 heterocycles. The fourth-order valence-corrected chi connectivity index (χ4v) is 8.45. The molecule has 0 saturated heterocycles. The highest BCUT2D eigenvalue weighted by Crippen LogP contribution is 2.13. The summed E-state index contributed by atoms with van der Waals surface area (Å²) in [6, 6.07) is -12.9. The van der Waals surface area contributed by atoms with Crippen molar-refractivity contribution in [3.8, 4) is 0 Å². The zero-order chi connectivity index (χ0) is 62.3. The minimum atomic E-state index is -1.75. The van der Waals surface area contributed by atoms with E-state index in [-0.39, 0.29) is 69.2 Å². The van der Waals surface area contributed by atoms with Crippen LogP contribution < -0.4 is 87.6 Å². The van der Waals surface area contributed by atoms with Crippen LogP contribution in [0.15, 0.2) is 11.2 Å². The van der Waals surface area contributed by atoms with E-state index in [1.165, 1.54) is 13.1 Å². The number of nitrogens with two attached hydrogens (primary N) is 6. The van der Waals surface area contributed by atoms with Crippen molar-refractivity contribution >= 4 is 76.8 Å². The van der Waals surface area contributed by atoms with Gasteiger partial charge in [-0.05, 0) is 89.1 Å². The van der Waals surface area contributed by atoms with Gasteiger partial charge in [0.1, 0.15) is 54.4 Å². The van der Waals surface area contributed by atoms with Crippen LogP contribution in [-0.2, 0) is 70.5 Å². The van der Waals surface area contributed by atoms with E-state index >= 15 is 0 Å². The number of hydrogen-bond donors (Lipinski definition) is 17. The van der Waals surface area contributed by atoms with E-state index in [1.54, 1.807) is 27.7 Å². The number of nitrogens with one attached hydrogen (secondary N) is 10. The molecule has 0 aliphatic carbocycles. The summed E-state index contributed by atoms with van der Waals surface area (Å²) in [5.41, 5.74) is 33.1. The fraction of sp³-hybridized carbons (Fsp3) is 0.700. The number of rotatable bonds is 32. The first-order valence-corrected chi connectivity index (χ1v) is 27.7. The van der Waals surface area contributed by atoms with Gasteiger partial charge in [0.05, 0.1) is 25.4 Å². The SMILES string of the molecule is CC[C@H](C)[C@@H]1NC(=O)[C@H](CO)NC(=O)[C@@H](NC(=O)CNC(=O)[C@H](CCCCN)NC(=O)[C@H](CCCCN)NC(C)=O)Cc2cn(nn2)C[C@@H](C(=O)N[C@@H](CC(C)C)C(=O)N[C@@H](CCCN=C(N)N)C(N)=O)NC(=O)[C@H](CCC(N)=O)NC1=O. The Kier molecular flexibility index (Phi) is 31.8. The number of aliphatic imine (C=N–C) groups is 1. The Labute approximate surface area is 481 Å². The standard InChI is InChI=1S/C50H88N20O13/c1-6-27(4)40-49(83)63-33(15-16-38(53)73)44(78)65-36(47(81)64-34(20-26(2)3)45(79)61-30(41(54)75)14-11-19-57-50(55)56)24-70-23-29(68-69-70)21-35(46(80)66-37(25-71)48(82)67-40)60-39(74)22-58-42(76)31(12-7-9-17-51)62-43(77)32(59-28(5)72)13-8-10-18-52/h23,26-27,30-37,40,71H,6-22,24-25,51-52H2,1-5H3,(H2,53,73)(H2,54,75)(H,58,76)(H,59,72)(H,60,74)(H,61,79)(H,62,77)(H,63,83)(H,64,81)(H,65,78)(H,66,80)(H,67,82)(H4,55,56,57)/t27-,30-,31-,32-,33-,34-,35-,36-,37-,40-/m0/s1. The maximum Gasteiger partial charge on any atom is 0.245 e. The summed E-state index contributed by atoms with van der Waals surface area (Å²) in [6.45, 7) is 6.41. The Bertz CT molecular complexity index is 2400. The van der Waals surface area contributed by atoms with Crippen LogP contribution >= 0.6 is 0 Å². The molecule has 1 aliphatic heterocycles. The van der Waals surface area contributed by atoms with Crippen molar-refractivity contribution in [1.29, 1.82) is 0 Å². The number of aliphatic hydroxyl groups excluding tert-OH is 1. The van der Waals surface area contributed by atoms with Gasteiger partial charge in [-0.15, -0.1) is 5.10 Å². The molecular weight excluding hydrogens is 1090 g/mol. The van der Waals surface area contributed by atoms with Crippen molar-refractivity contribution in [1.82, 2.24) is 68.2 Å². The van der Waals surface area contributed by atoms with E-state index in [2.05, 4.69) is 68.5 Å². The van der Waals surface area contributed by atoms with Crippen LogP contribution in [0.5, 0.6) is 0 Å². The number of amides is 12. The lowest BCUT2D eigenvalue weighted by Gasteiger charge is -2.29. The van der Waals surface area contributed by atoms with Crippen LogP contribution in [0, 0.1) is 11.8 Å². The summed E-state index contributed by atoms with van der Waals surface area (Å²) < 4.78 is 1.07. The highest BCUT2D eigenvalue weighted by molar-refractivity contribution is 5.98. The molecular formula is C50H88N20O13. The van der Waals surface area contributed by atoms with Crippen molar-refractivity contribution in [2.75, 3.05) is 32.8 Å². The van der Waals surface area contributed by atoms with E-state index in [1.807, 2.05) is 0 Å². The third-order valence-electron chi connectivity index (χ3n) is 13.2. The fourth-order valence-electron chi connectivity index (χ4n) is 8.45. The van der Waals surface area contributed by atoms with Gasteiger partial charge >= 0.3 is 0 Å². The van der Waals surface area contributed by atoms with Gasteiger partial charge in [0.25, 0.3) is 0 Å². The quantitative estimate of drug-likeness (QED) is 0.0181. The van der Waals surface area contributed by atoms with Crippen molar-refractivity contribution < 1.29 is 62.6 Å². The van der Waals surface area contributed by atoms with Crippen molar-refractivity contribution in [3.63, 3.8) is 0 Å². The molecule has 2 bridgehead atoms. The zero-order valence-electron chi connectivity index (χ0n) is 48.0. The first-order valence-electron chi connectivity index (χ1n) is 27.7. The molecule has 0 saturated carbocycles. The second kappa shape index (κ2) is 37.1. The number of unbranched alkanes of at least 4 members (excludes halogenated alkanes) is 2. The molecule has 0 unspecified atom stereocenters. The van der Waals surface area contributed by atoms with Gasteiger partial charge in [0.2, 0.25) is 70.9 Å². The topological polar surface area (TPSA) is 545 Å². The number of aliphatic hydroxyl groups is 1. The Morgan fingerprint density at radius 1 is 0.735 bits per heavy atom. The molecule has 23 N–H and O–H groups in total. The van der Waals surface area contributed by atoms with Gasteiger partial charge in [-0.1, -0.05) is 39.3 Å². The molecule has 1 aromatic rings. The highest BCUT2D eigenvalue weighted by Gasteiger charge is 2.37. The third-order valence-corrected chi connectivity index (χ3v) is 13.2. The summed E-state index contributed by atoms with van der Waals surface area (Å²) >= 11 is 0. The highest BCUT2D eigenvalue weighted by atomic mass is 16.3. The van der Waals surface area contributed by atoms with Gasteiger partial charge in [-0.2, -0.15) is 0 Å². The van der Waals surface area contributed by atoms with E-state index in [0.717, 1.165) is 4.68 Å². The molecule has 466 valence electrons. The lowest BCUT2D eigenvalue weighted by Crippen LogP contribution is -2.62. The smallest absolute Gasteiger partial charge is 0.245 e. The number of primary amides is 2. The van der Waals surface area contributed by atoms with Crippen molar-refractivity contribution in [3.05, 3.63) is 11.9 Å². The Hall–Kier alpha value is -8.07. The lowest BCUT2D eigenvalue weighted by molar-refractivity contribution is -0.137. The Morgan fingerprint density at radius 3 is 1.89 bits per heavy atom.